The smallest absolute Gasteiger partial charge is 0.313 e. The maximum atomic E-state index is 13.6. The van der Waals surface area contributed by atoms with E-state index in [2.05, 4.69) is 21.0 Å². The fraction of sp³-hybridized carbons (Fsp3) is 0.214. The lowest BCUT2D eigenvalue weighted by atomic mass is 9.96. The standard InChI is InChI=1S/C28H25BrN4O6/c1-15(2)20-13-21(16(3)10-25(20)38-5)27-31-23-9-7-6-8-19(23)28(35)32(27)30-14-18-11-22(29)26(39-17(4)34)24(12-18)33(36)37/h6-15H,1-5H3. The molecule has 0 N–H and O–H groups in total. The predicted molar refractivity (Wildman–Crippen MR) is 152 cm³/mol. The van der Waals surface area contributed by atoms with Gasteiger partial charge < -0.3 is 9.47 Å². The van der Waals surface area contributed by atoms with Crippen molar-refractivity contribution in [2.45, 2.75) is 33.6 Å². The van der Waals surface area contributed by atoms with Gasteiger partial charge in [-0.25, -0.2) is 4.98 Å². The molecule has 0 spiro atoms. The van der Waals surface area contributed by atoms with E-state index < -0.39 is 22.1 Å². The van der Waals surface area contributed by atoms with Gasteiger partial charge in [-0.05, 0) is 70.2 Å². The Kier molecular flexibility index (Phi) is 7.91. The first-order chi connectivity index (χ1) is 18.5. The number of hydrogen-bond acceptors (Lipinski definition) is 8. The summed E-state index contributed by atoms with van der Waals surface area (Å²) in [5.41, 5.74) is 2.43. The lowest BCUT2D eigenvalue weighted by Crippen LogP contribution is -2.21. The summed E-state index contributed by atoms with van der Waals surface area (Å²) >= 11 is 3.23. The van der Waals surface area contributed by atoms with Crippen molar-refractivity contribution in [1.29, 1.82) is 0 Å². The maximum absolute atomic E-state index is 13.6. The van der Waals surface area contributed by atoms with Crippen LogP contribution in [0.1, 0.15) is 43.4 Å². The second-order valence-electron chi connectivity index (χ2n) is 9.08. The number of benzene rings is 3. The van der Waals surface area contributed by atoms with Crippen molar-refractivity contribution in [3.05, 3.63) is 90.2 Å². The molecule has 0 saturated carbocycles. The van der Waals surface area contributed by atoms with E-state index in [0.29, 0.717) is 27.9 Å². The van der Waals surface area contributed by atoms with Crippen molar-refractivity contribution in [3.8, 4) is 22.9 Å². The van der Waals surface area contributed by atoms with E-state index in [-0.39, 0.29) is 16.1 Å². The third kappa shape index (κ3) is 5.58. The van der Waals surface area contributed by atoms with Crippen LogP contribution in [0.15, 0.2) is 62.9 Å². The Morgan fingerprint density at radius 1 is 1.21 bits per heavy atom. The average molecular weight is 593 g/mol. The number of carbonyl (C=O) groups excluding carboxylic acids is 1. The largest absolute Gasteiger partial charge is 0.496 e. The summed E-state index contributed by atoms with van der Waals surface area (Å²) < 4.78 is 12.0. The van der Waals surface area contributed by atoms with Crippen molar-refractivity contribution in [2.75, 3.05) is 7.11 Å². The number of carbonyl (C=O) groups is 1. The van der Waals surface area contributed by atoms with Crippen molar-refractivity contribution >= 4 is 44.7 Å². The van der Waals surface area contributed by atoms with Gasteiger partial charge in [0.1, 0.15) is 5.75 Å². The molecule has 0 fully saturated rings. The minimum Gasteiger partial charge on any atom is -0.496 e. The van der Waals surface area contributed by atoms with Crippen LogP contribution in [-0.4, -0.2) is 33.9 Å². The van der Waals surface area contributed by atoms with Crippen LogP contribution in [0.25, 0.3) is 22.3 Å². The van der Waals surface area contributed by atoms with Gasteiger partial charge in [0.2, 0.25) is 5.75 Å². The number of aromatic nitrogens is 2. The van der Waals surface area contributed by atoms with Gasteiger partial charge in [-0.1, -0.05) is 26.0 Å². The number of nitro benzene ring substituents is 1. The van der Waals surface area contributed by atoms with Crippen LogP contribution >= 0.6 is 15.9 Å². The number of nitro groups is 1. The fourth-order valence-corrected chi connectivity index (χ4v) is 4.70. The molecular formula is C28H25BrN4O6. The number of halogens is 1. The van der Waals surface area contributed by atoms with Gasteiger partial charge in [0, 0.05) is 24.1 Å². The zero-order chi connectivity index (χ0) is 28.4. The van der Waals surface area contributed by atoms with Gasteiger partial charge in [-0.15, -0.1) is 0 Å². The van der Waals surface area contributed by atoms with Gasteiger partial charge in [0.05, 0.1) is 33.6 Å². The van der Waals surface area contributed by atoms with Crippen LogP contribution in [0.4, 0.5) is 5.69 Å². The fourth-order valence-electron chi connectivity index (χ4n) is 4.15. The molecule has 11 heteroatoms. The molecule has 0 amide bonds. The van der Waals surface area contributed by atoms with Crippen molar-refractivity contribution in [3.63, 3.8) is 0 Å². The number of fused-ring (bicyclic) bond motifs is 1. The van der Waals surface area contributed by atoms with Crippen molar-refractivity contribution in [2.24, 2.45) is 5.10 Å². The van der Waals surface area contributed by atoms with E-state index in [9.17, 15) is 19.7 Å². The Hall–Kier alpha value is -4.38. The number of hydrogen-bond donors (Lipinski definition) is 0. The molecule has 4 rings (SSSR count). The van der Waals surface area contributed by atoms with Crippen LogP contribution in [0.5, 0.6) is 11.5 Å². The molecule has 39 heavy (non-hydrogen) atoms. The van der Waals surface area contributed by atoms with Gasteiger partial charge in [0.15, 0.2) is 5.82 Å². The molecule has 10 nitrogen and oxygen atoms in total. The van der Waals surface area contributed by atoms with Crippen LogP contribution in [0.2, 0.25) is 0 Å². The number of ether oxygens (including phenoxy) is 2. The van der Waals surface area contributed by atoms with Crippen molar-refractivity contribution < 1.29 is 19.2 Å². The first-order valence-corrected chi connectivity index (χ1v) is 12.7. The molecule has 1 aromatic heterocycles. The Bertz CT molecular complexity index is 1710. The Labute approximate surface area is 232 Å². The second-order valence-corrected chi connectivity index (χ2v) is 9.93. The first kappa shape index (κ1) is 27.6. The highest BCUT2D eigenvalue weighted by atomic mass is 79.9. The average Bonchev–Trinajstić information content (AvgIpc) is 2.88. The number of para-hydroxylation sites is 1. The number of methoxy groups -OCH3 is 1. The molecule has 0 bridgehead atoms. The van der Waals surface area contributed by atoms with Crippen LogP contribution in [0, 0.1) is 17.0 Å². The van der Waals surface area contributed by atoms with E-state index in [4.69, 9.17) is 14.5 Å². The number of esters is 1. The quantitative estimate of drug-likeness (QED) is 0.0848. The maximum Gasteiger partial charge on any atom is 0.313 e. The molecule has 0 aliphatic carbocycles. The molecule has 3 aromatic carbocycles. The Morgan fingerprint density at radius 2 is 1.92 bits per heavy atom. The van der Waals surface area contributed by atoms with E-state index in [1.54, 1.807) is 31.4 Å². The summed E-state index contributed by atoms with van der Waals surface area (Å²) in [5.74, 6) is 0.257. The highest BCUT2D eigenvalue weighted by molar-refractivity contribution is 9.10. The topological polar surface area (TPSA) is 126 Å². The molecule has 1 heterocycles. The van der Waals surface area contributed by atoms with E-state index in [1.165, 1.54) is 23.0 Å². The highest BCUT2D eigenvalue weighted by Gasteiger charge is 2.22. The van der Waals surface area contributed by atoms with Crippen LogP contribution < -0.4 is 15.0 Å². The van der Waals surface area contributed by atoms with Crippen LogP contribution in [0.3, 0.4) is 0 Å². The molecule has 200 valence electrons. The Balaban J connectivity index is 1.96. The molecule has 0 atom stereocenters. The van der Waals surface area contributed by atoms with E-state index in [0.717, 1.165) is 23.8 Å². The summed E-state index contributed by atoms with van der Waals surface area (Å²) in [7, 11) is 1.61. The number of nitrogens with zero attached hydrogens (tertiary/aromatic N) is 4. The van der Waals surface area contributed by atoms with E-state index >= 15 is 0 Å². The summed E-state index contributed by atoms with van der Waals surface area (Å²) in [4.78, 5) is 40.9. The molecule has 4 aromatic rings. The number of rotatable bonds is 7. The SMILES string of the molecule is COc1cc(C)c(-c2nc3ccccc3c(=O)n2N=Cc2cc(Br)c(OC(C)=O)c([N+](=O)[O-])c2)cc1C(C)C. The lowest BCUT2D eigenvalue weighted by molar-refractivity contribution is -0.385. The zero-order valence-electron chi connectivity index (χ0n) is 21.9. The monoisotopic (exact) mass is 592 g/mol. The Morgan fingerprint density at radius 3 is 2.56 bits per heavy atom. The minimum atomic E-state index is -0.700. The zero-order valence-corrected chi connectivity index (χ0v) is 23.5. The van der Waals surface area contributed by atoms with Gasteiger partial charge in [0.25, 0.3) is 5.56 Å². The van der Waals surface area contributed by atoms with Gasteiger partial charge in [-0.3, -0.25) is 19.7 Å². The summed E-state index contributed by atoms with van der Waals surface area (Å²) in [5, 5.41) is 16.5. The van der Waals surface area contributed by atoms with Gasteiger partial charge in [-0.2, -0.15) is 9.78 Å². The molecule has 0 unspecified atom stereocenters. The molecule has 0 aliphatic heterocycles. The van der Waals surface area contributed by atoms with Gasteiger partial charge >= 0.3 is 11.7 Å². The predicted octanol–water partition coefficient (Wildman–Crippen LogP) is 5.98. The highest BCUT2D eigenvalue weighted by Crippen LogP contribution is 2.37. The molecule has 0 aliphatic rings. The first-order valence-electron chi connectivity index (χ1n) is 11.9. The second kappa shape index (κ2) is 11.2. The summed E-state index contributed by atoms with van der Waals surface area (Å²) in [6, 6.07) is 13.5. The van der Waals surface area contributed by atoms with Crippen LogP contribution in [-0.2, 0) is 4.79 Å². The number of aryl methyl sites for hydroxylation is 1. The minimum absolute atomic E-state index is 0.136. The lowest BCUT2D eigenvalue weighted by Gasteiger charge is -2.17. The third-order valence-corrected chi connectivity index (χ3v) is 6.59. The molecule has 0 radical (unpaired) electrons. The molecular weight excluding hydrogens is 568 g/mol. The summed E-state index contributed by atoms with van der Waals surface area (Å²) in [6.45, 7) is 7.13. The third-order valence-electron chi connectivity index (χ3n) is 6.00. The molecule has 0 saturated heterocycles. The normalized spacial score (nSPS) is 11.4. The summed E-state index contributed by atoms with van der Waals surface area (Å²) in [6.07, 6.45) is 1.32. The van der Waals surface area contributed by atoms with E-state index in [1.807, 2.05) is 32.9 Å². The van der Waals surface area contributed by atoms with Crippen molar-refractivity contribution in [1.82, 2.24) is 9.66 Å².